The normalized spacial score (nSPS) is 17.2. The quantitative estimate of drug-likeness (QED) is 0.801. The van der Waals surface area contributed by atoms with Gasteiger partial charge in [0, 0.05) is 12.0 Å². The summed E-state index contributed by atoms with van der Waals surface area (Å²) in [7, 11) is -3.55. The summed E-state index contributed by atoms with van der Waals surface area (Å²) in [5.74, 6) is 0.185. The molecule has 0 spiro atoms. The highest BCUT2D eigenvalue weighted by Gasteiger charge is 2.29. The maximum Gasteiger partial charge on any atom is 0.263 e. The highest BCUT2D eigenvalue weighted by Crippen LogP contribution is 2.22. The van der Waals surface area contributed by atoms with Crippen LogP contribution in [0.5, 0.6) is 0 Å². The molecule has 2 N–H and O–H groups in total. The Bertz CT molecular complexity index is 966. The lowest BCUT2D eigenvalue weighted by Crippen LogP contribution is -2.29. The van der Waals surface area contributed by atoms with Gasteiger partial charge in [0.1, 0.15) is 5.84 Å². The first-order chi connectivity index (χ1) is 12.9. The van der Waals surface area contributed by atoms with Gasteiger partial charge in [0.2, 0.25) is 5.91 Å². The van der Waals surface area contributed by atoms with Gasteiger partial charge in [-0.05, 0) is 31.0 Å². The van der Waals surface area contributed by atoms with Crippen LogP contribution in [0.1, 0.15) is 42.5 Å². The summed E-state index contributed by atoms with van der Waals surface area (Å²) in [5.41, 5.74) is 2.79. The molecule has 1 aliphatic rings. The zero-order valence-corrected chi connectivity index (χ0v) is 16.2. The van der Waals surface area contributed by atoms with Crippen molar-refractivity contribution in [3.05, 3.63) is 65.2 Å². The van der Waals surface area contributed by atoms with Crippen molar-refractivity contribution in [1.82, 2.24) is 10.0 Å². The molecule has 1 amide bonds. The minimum Gasteiger partial charge on any atom is -0.349 e. The third-order valence-electron chi connectivity index (χ3n) is 4.49. The third-order valence-corrected chi connectivity index (χ3v) is 5.89. The molecule has 0 fully saturated rings. The molecular weight excluding hydrogens is 362 g/mol. The van der Waals surface area contributed by atoms with Crippen LogP contribution in [-0.2, 0) is 14.8 Å². The fraction of sp³-hybridized carbons (Fsp3) is 0.300. The second kappa shape index (κ2) is 7.92. The maximum atomic E-state index is 12.3. The van der Waals surface area contributed by atoms with E-state index in [1.165, 1.54) is 5.56 Å². The van der Waals surface area contributed by atoms with Crippen LogP contribution < -0.4 is 10.0 Å². The first-order valence-corrected chi connectivity index (χ1v) is 10.4. The second-order valence-corrected chi connectivity index (χ2v) is 8.17. The molecule has 0 bridgehead atoms. The highest BCUT2D eigenvalue weighted by atomic mass is 32.2. The average molecular weight is 385 g/mol. The lowest BCUT2D eigenvalue weighted by molar-refractivity contribution is -0.121. The highest BCUT2D eigenvalue weighted by molar-refractivity contribution is 7.90. The minimum absolute atomic E-state index is 0.0449. The number of hydrogen-bond donors (Lipinski definition) is 2. The van der Waals surface area contributed by atoms with Gasteiger partial charge in [0.05, 0.1) is 17.5 Å². The number of amides is 1. The lowest BCUT2D eigenvalue weighted by atomic mass is 10.0. The van der Waals surface area contributed by atoms with Crippen molar-refractivity contribution in [2.45, 2.75) is 37.6 Å². The number of nitrogens with one attached hydrogen (secondary N) is 2. The number of sulfonamides is 1. The predicted molar refractivity (Wildman–Crippen MR) is 105 cm³/mol. The minimum atomic E-state index is -3.55. The number of carbonyl (C=O) groups is 1. The molecule has 7 heteroatoms. The molecule has 1 atom stereocenters. The van der Waals surface area contributed by atoms with E-state index in [4.69, 9.17) is 0 Å². The van der Waals surface area contributed by atoms with Gasteiger partial charge in [-0.1, -0.05) is 48.9 Å². The summed E-state index contributed by atoms with van der Waals surface area (Å²) in [5, 5.41) is 3.02. The van der Waals surface area contributed by atoms with Crippen molar-refractivity contribution >= 4 is 21.8 Å². The fourth-order valence-corrected chi connectivity index (χ4v) is 4.26. The smallest absolute Gasteiger partial charge is 0.263 e. The number of rotatable bonds is 6. The molecule has 0 radical (unpaired) electrons. The Morgan fingerprint density at radius 1 is 1.15 bits per heavy atom. The number of fused-ring (bicyclic) bond motifs is 1. The molecule has 27 heavy (non-hydrogen) atoms. The van der Waals surface area contributed by atoms with Crippen molar-refractivity contribution in [2.75, 3.05) is 6.54 Å². The summed E-state index contributed by atoms with van der Waals surface area (Å²) >= 11 is 0. The van der Waals surface area contributed by atoms with Crippen LogP contribution in [0.4, 0.5) is 0 Å². The van der Waals surface area contributed by atoms with E-state index in [1.54, 1.807) is 24.3 Å². The van der Waals surface area contributed by atoms with Gasteiger partial charge in [-0.15, -0.1) is 0 Å². The number of amidine groups is 1. The predicted octanol–water partition coefficient (Wildman–Crippen LogP) is 2.69. The van der Waals surface area contributed by atoms with Gasteiger partial charge >= 0.3 is 0 Å². The Balaban J connectivity index is 1.61. The van der Waals surface area contributed by atoms with Gasteiger partial charge in [-0.3, -0.25) is 14.5 Å². The van der Waals surface area contributed by atoms with Crippen LogP contribution in [-0.4, -0.2) is 26.7 Å². The maximum absolute atomic E-state index is 12.3. The SMILES string of the molecule is CC[C@H](NC(=O)CCN=C1NS(=O)(=O)c2ccccc21)c1ccc(C)cc1. The zero-order valence-electron chi connectivity index (χ0n) is 15.4. The summed E-state index contributed by atoms with van der Waals surface area (Å²) in [6.07, 6.45) is 0.978. The monoisotopic (exact) mass is 385 g/mol. The van der Waals surface area contributed by atoms with Gasteiger partial charge in [-0.25, -0.2) is 8.42 Å². The molecule has 0 aliphatic carbocycles. The van der Waals surface area contributed by atoms with E-state index in [0.29, 0.717) is 11.4 Å². The van der Waals surface area contributed by atoms with Crippen LogP contribution >= 0.6 is 0 Å². The summed E-state index contributed by atoms with van der Waals surface area (Å²) < 4.78 is 26.6. The van der Waals surface area contributed by atoms with Crippen LogP contribution in [0.25, 0.3) is 0 Å². The van der Waals surface area contributed by atoms with E-state index in [2.05, 4.69) is 15.0 Å². The third kappa shape index (κ3) is 4.36. The first kappa shape index (κ1) is 19.1. The second-order valence-electron chi connectivity index (χ2n) is 6.52. The Labute approximate surface area is 159 Å². The van der Waals surface area contributed by atoms with Crippen molar-refractivity contribution < 1.29 is 13.2 Å². The number of carbonyl (C=O) groups excluding carboxylic acids is 1. The number of aliphatic imine (C=N–C) groups is 1. The van der Waals surface area contributed by atoms with E-state index in [0.717, 1.165) is 12.0 Å². The molecule has 2 aromatic rings. The molecule has 142 valence electrons. The van der Waals surface area contributed by atoms with Crippen molar-refractivity contribution in [2.24, 2.45) is 4.99 Å². The van der Waals surface area contributed by atoms with Gasteiger partial charge in [0.15, 0.2) is 0 Å². The lowest BCUT2D eigenvalue weighted by Gasteiger charge is -2.17. The number of aryl methyl sites for hydroxylation is 1. The number of nitrogens with zero attached hydrogens (tertiary/aromatic N) is 1. The van der Waals surface area contributed by atoms with Gasteiger partial charge in [-0.2, -0.15) is 0 Å². The number of benzene rings is 2. The summed E-state index contributed by atoms with van der Waals surface area (Å²) in [4.78, 5) is 16.8. The first-order valence-electron chi connectivity index (χ1n) is 8.93. The van der Waals surface area contributed by atoms with Crippen molar-refractivity contribution in [3.8, 4) is 0 Å². The van der Waals surface area contributed by atoms with Crippen LogP contribution in [0, 0.1) is 6.92 Å². The average Bonchev–Trinajstić information content (AvgIpc) is 2.91. The molecule has 1 heterocycles. The molecule has 0 saturated heterocycles. The Morgan fingerprint density at radius 3 is 2.56 bits per heavy atom. The van der Waals surface area contributed by atoms with Crippen molar-refractivity contribution in [1.29, 1.82) is 0 Å². The largest absolute Gasteiger partial charge is 0.349 e. The van der Waals surface area contributed by atoms with E-state index in [-0.39, 0.29) is 29.8 Å². The summed E-state index contributed by atoms with van der Waals surface area (Å²) in [6, 6.07) is 14.7. The molecule has 6 nitrogen and oxygen atoms in total. The fourth-order valence-electron chi connectivity index (χ4n) is 3.01. The number of hydrogen-bond acceptors (Lipinski definition) is 4. The Morgan fingerprint density at radius 2 is 1.85 bits per heavy atom. The zero-order chi connectivity index (χ0) is 19.4. The molecule has 0 unspecified atom stereocenters. The van der Waals surface area contributed by atoms with Crippen molar-refractivity contribution in [3.63, 3.8) is 0 Å². The van der Waals surface area contributed by atoms with E-state index >= 15 is 0 Å². The molecule has 3 rings (SSSR count). The molecule has 0 saturated carbocycles. The van der Waals surface area contributed by atoms with Crippen LogP contribution in [0.3, 0.4) is 0 Å². The topological polar surface area (TPSA) is 87.6 Å². The molecule has 0 aromatic heterocycles. The Kier molecular flexibility index (Phi) is 5.60. The summed E-state index contributed by atoms with van der Waals surface area (Å²) in [6.45, 7) is 4.26. The van der Waals surface area contributed by atoms with Crippen LogP contribution in [0.2, 0.25) is 0 Å². The van der Waals surface area contributed by atoms with E-state index < -0.39 is 10.0 Å². The van der Waals surface area contributed by atoms with Crippen LogP contribution in [0.15, 0.2) is 58.4 Å². The molecule has 1 aliphatic heterocycles. The molecule has 2 aromatic carbocycles. The van der Waals surface area contributed by atoms with E-state index in [1.807, 2.05) is 38.1 Å². The standard InChI is InChI=1S/C20H23N3O3S/c1-3-17(15-10-8-14(2)9-11-15)22-19(24)12-13-21-20-16-6-4-5-7-18(16)27(25,26)23-20/h4-11,17H,3,12-13H2,1-2H3,(H,21,23)(H,22,24)/t17-/m0/s1. The van der Waals surface area contributed by atoms with Gasteiger partial charge < -0.3 is 5.32 Å². The Hall–Kier alpha value is -2.67. The molecular formula is C20H23N3O3S. The van der Waals surface area contributed by atoms with E-state index in [9.17, 15) is 13.2 Å². The van der Waals surface area contributed by atoms with Gasteiger partial charge in [0.25, 0.3) is 10.0 Å².